The maximum absolute atomic E-state index is 10.1. The molecule has 0 aliphatic carbocycles. The van der Waals surface area contributed by atoms with Crippen molar-refractivity contribution < 1.29 is 34.5 Å². The molecule has 0 aromatic carbocycles. The topological polar surface area (TPSA) is 233 Å². The Morgan fingerprint density at radius 3 is 1.46 bits per heavy atom. The summed E-state index contributed by atoms with van der Waals surface area (Å²) in [6.07, 6.45) is 2.17. The molecule has 0 spiro atoms. The zero-order valence-electron chi connectivity index (χ0n) is 15.1. The van der Waals surface area contributed by atoms with Gasteiger partial charge in [0.1, 0.15) is 18.1 Å². The lowest BCUT2D eigenvalue weighted by atomic mass is 10.1. The smallest absolute Gasteiger partial charge is 0.321 e. The molecule has 0 aromatic heterocycles. The molecule has 1 amide bonds. The Balaban J connectivity index is -0.000000306. The zero-order chi connectivity index (χ0) is 21.4. The maximum Gasteiger partial charge on any atom is 0.321 e. The van der Waals surface area contributed by atoms with E-state index in [-0.39, 0.29) is 12.3 Å². The average Bonchev–Trinajstić information content (AvgIpc) is 2.51. The molecule has 0 bridgehead atoms. The van der Waals surface area contributed by atoms with Crippen molar-refractivity contribution in [2.75, 3.05) is 12.0 Å². The van der Waals surface area contributed by atoms with Gasteiger partial charge in [0, 0.05) is 0 Å². The van der Waals surface area contributed by atoms with Crippen molar-refractivity contribution >= 4 is 35.6 Å². The first-order valence-electron chi connectivity index (χ1n) is 7.50. The van der Waals surface area contributed by atoms with Crippen LogP contribution in [0.3, 0.4) is 0 Å². The lowest BCUT2D eigenvalue weighted by molar-refractivity contribution is -0.140. The van der Waals surface area contributed by atoms with Crippen molar-refractivity contribution in [1.82, 2.24) is 0 Å². The van der Waals surface area contributed by atoms with Crippen LogP contribution in [0.1, 0.15) is 26.7 Å². The lowest BCUT2D eigenvalue weighted by Gasteiger charge is -2.07. The first-order chi connectivity index (χ1) is 11.8. The fourth-order valence-corrected chi connectivity index (χ4v) is 1.45. The number of rotatable bonds is 9. The summed E-state index contributed by atoms with van der Waals surface area (Å²) in [6, 6.07) is -2.56. The molecule has 0 radical (unpaired) electrons. The number of nitrogens with two attached hydrogens (primary N) is 4. The first kappa shape index (κ1) is 28.9. The molecule has 11 N–H and O–H groups in total. The molecule has 0 fully saturated rings. The van der Waals surface area contributed by atoms with Crippen molar-refractivity contribution in [2.24, 2.45) is 28.9 Å². The van der Waals surface area contributed by atoms with Gasteiger partial charge in [-0.2, -0.15) is 11.8 Å². The summed E-state index contributed by atoms with van der Waals surface area (Å²) in [4.78, 5) is 40.0. The van der Waals surface area contributed by atoms with Gasteiger partial charge in [0.25, 0.3) is 0 Å². The summed E-state index contributed by atoms with van der Waals surface area (Å²) in [5, 5.41) is 24.6. The van der Waals surface area contributed by atoms with Crippen molar-refractivity contribution in [2.45, 2.75) is 44.8 Å². The quantitative estimate of drug-likeness (QED) is 0.235. The van der Waals surface area contributed by atoms with Crippen LogP contribution in [0, 0.1) is 5.92 Å². The van der Waals surface area contributed by atoms with Crippen LogP contribution in [0.2, 0.25) is 0 Å². The Morgan fingerprint density at radius 2 is 1.31 bits per heavy atom. The summed E-state index contributed by atoms with van der Waals surface area (Å²) in [7, 11) is 0. The van der Waals surface area contributed by atoms with Crippen LogP contribution in [-0.4, -0.2) is 69.3 Å². The van der Waals surface area contributed by atoms with Gasteiger partial charge < -0.3 is 38.3 Å². The van der Waals surface area contributed by atoms with E-state index >= 15 is 0 Å². The van der Waals surface area contributed by atoms with Crippen LogP contribution in [0.15, 0.2) is 0 Å². The number of hydrogen-bond donors (Lipinski definition) is 7. The van der Waals surface area contributed by atoms with E-state index in [1.807, 2.05) is 6.26 Å². The molecule has 0 aromatic rings. The van der Waals surface area contributed by atoms with Gasteiger partial charge in [0.05, 0.1) is 6.42 Å². The number of carbonyl (C=O) groups is 4. The van der Waals surface area contributed by atoms with Crippen molar-refractivity contribution in [3.63, 3.8) is 0 Å². The van der Waals surface area contributed by atoms with Crippen LogP contribution in [0.25, 0.3) is 0 Å². The Kier molecular flexibility index (Phi) is 18.4. The largest absolute Gasteiger partial charge is 0.480 e. The third-order valence-electron chi connectivity index (χ3n) is 2.69. The second-order valence-electron chi connectivity index (χ2n) is 5.45. The number of aliphatic carboxylic acids is 3. The fraction of sp³-hybridized carbons (Fsp3) is 0.714. The molecule has 3 atom stereocenters. The van der Waals surface area contributed by atoms with Gasteiger partial charge in [-0.3, -0.25) is 19.2 Å². The van der Waals surface area contributed by atoms with Crippen molar-refractivity contribution in [3.8, 4) is 0 Å². The van der Waals surface area contributed by atoms with E-state index in [1.165, 1.54) is 0 Å². The van der Waals surface area contributed by atoms with Gasteiger partial charge in [-0.05, 0) is 24.3 Å². The van der Waals surface area contributed by atoms with Gasteiger partial charge in [-0.25, -0.2) is 0 Å². The number of primary amides is 1. The minimum Gasteiger partial charge on any atom is -0.480 e. The number of amides is 1. The van der Waals surface area contributed by atoms with Gasteiger partial charge in [-0.15, -0.1) is 0 Å². The van der Waals surface area contributed by atoms with E-state index in [2.05, 4.69) is 5.73 Å². The number of hydrogen-bond acceptors (Lipinski definition) is 8. The average molecular weight is 398 g/mol. The van der Waals surface area contributed by atoms with E-state index in [0.717, 1.165) is 5.75 Å². The number of thioether (sulfide) groups is 1. The molecule has 0 aliphatic heterocycles. The Labute approximate surface area is 156 Å². The van der Waals surface area contributed by atoms with Crippen LogP contribution >= 0.6 is 11.8 Å². The minimum absolute atomic E-state index is 0.0208. The monoisotopic (exact) mass is 398 g/mol. The molecule has 3 unspecified atom stereocenters. The van der Waals surface area contributed by atoms with E-state index in [1.54, 1.807) is 25.6 Å². The van der Waals surface area contributed by atoms with Crippen molar-refractivity contribution in [3.05, 3.63) is 0 Å². The third kappa shape index (κ3) is 20.2. The number of carbonyl (C=O) groups excluding carboxylic acids is 1. The molecule has 0 aliphatic rings. The molecule has 11 nitrogen and oxygen atoms in total. The maximum atomic E-state index is 10.1. The molecule has 0 saturated heterocycles. The van der Waals surface area contributed by atoms with Crippen LogP contribution in [0.5, 0.6) is 0 Å². The van der Waals surface area contributed by atoms with Gasteiger partial charge in [0.15, 0.2) is 0 Å². The standard InChI is InChI=1S/C5H11NO2S.C5H11NO2.C4H8N2O3/c1-9-3-2-4(6)5(7)8;1-3(2)4(6)5(7)8;5-2(4(8)9)1-3(6)7/h4H,2-3,6H2,1H3,(H,7,8);3-4H,6H2,1-2H3,(H,7,8);2H,1,5H2,(H2,6,7)(H,8,9). The third-order valence-corrected chi connectivity index (χ3v) is 3.34. The molecular formula is C14H30N4O7S. The van der Waals surface area contributed by atoms with Crippen LogP contribution < -0.4 is 22.9 Å². The van der Waals surface area contributed by atoms with Crippen LogP contribution in [-0.2, 0) is 19.2 Å². The highest BCUT2D eigenvalue weighted by atomic mass is 32.2. The SMILES string of the molecule is CC(C)C(N)C(=O)O.CSCCC(N)C(=O)O.NC(=O)CC(N)C(=O)O. The number of carboxylic acids is 3. The van der Waals surface area contributed by atoms with E-state index < -0.39 is 41.9 Å². The Bertz CT molecular complexity index is 449. The predicted octanol–water partition coefficient (Wildman–Crippen LogP) is -1.52. The highest BCUT2D eigenvalue weighted by Crippen LogP contribution is 1.98. The Morgan fingerprint density at radius 1 is 0.885 bits per heavy atom. The first-order valence-corrected chi connectivity index (χ1v) is 8.89. The molecule has 0 heterocycles. The number of carboxylic acid groups (broad SMARTS) is 3. The molecule has 0 saturated carbocycles. The van der Waals surface area contributed by atoms with E-state index in [4.69, 9.17) is 32.5 Å². The molecular weight excluding hydrogens is 368 g/mol. The zero-order valence-corrected chi connectivity index (χ0v) is 15.9. The summed E-state index contributed by atoms with van der Waals surface area (Å²) in [5.74, 6) is -2.93. The van der Waals surface area contributed by atoms with E-state index in [9.17, 15) is 19.2 Å². The van der Waals surface area contributed by atoms with Gasteiger partial charge in [0.2, 0.25) is 5.91 Å². The van der Waals surface area contributed by atoms with Gasteiger partial charge >= 0.3 is 17.9 Å². The Hall–Kier alpha value is -1.89. The molecule has 0 rings (SSSR count). The fourth-order valence-electron chi connectivity index (χ4n) is 0.958. The van der Waals surface area contributed by atoms with Gasteiger partial charge in [-0.1, -0.05) is 13.8 Å². The normalized spacial score (nSPS) is 13.2. The second kappa shape index (κ2) is 16.6. The highest BCUT2D eigenvalue weighted by Gasteiger charge is 2.14. The summed E-state index contributed by atoms with van der Waals surface area (Å²) < 4.78 is 0. The minimum atomic E-state index is -1.21. The van der Waals surface area contributed by atoms with E-state index in [0.29, 0.717) is 6.42 Å². The summed E-state index contributed by atoms with van der Waals surface area (Å²) in [5.41, 5.74) is 19.9. The van der Waals surface area contributed by atoms with Crippen molar-refractivity contribution in [1.29, 1.82) is 0 Å². The highest BCUT2D eigenvalue weighted by molar-refractivity contribution is 7.98. The summed E-state index contributed by atoms with van der Waals surface area (Å²) >= 11 is 1.60. The summed E-state index contributed by atoms with van der Waals surface area (Å²) in [6.45, 7) is 3.55. The van der Waals surface area contributed by atoms with Crippen LogP contribution in [0.4, 0.5) is 0 Å². The molecule has 154 valence electrons. The molecule has 12 heteroatoms. The lowest BCUT2D eigenvalue weighted by Crippen LogP contribution is -2.34. The second-order valence-corrected chi connectivity index (χ2v) is 6.44. The predicted molar refractivity (Wildman–Crippen MR) is 98.5 cm³/mol. The molecule has 26 heavy (non-hydrogen) atoms.